The third kappa shape index (κ3) is 3.73. The number of fused-ring (bicyclic) bond motifs is 1. The molecule has 4 amide bonds. The van der Waals surface area contributed by atoms with Gasteiger partial charge >= 0.3 is 6.03 Å². The van der Waals surface area contributed by atoms with Gasteiger partial charge in [0.2, 0.25) is 0 Å². The third-order valence-electron chi connectivity index (χ3n) is 4.95. The number of benzene rings is 3. The first kappa shape index (κ1) is 20.2. The monoisotopic (exact) mass is 416 g/mol. The summed E-state index contributed by atoms with van der Waals surface area (Å²) in [7, 11) is 1.52. The molecule has 0 radical (unpaired) electrons. The highest BCUT2D eigenvalue weighted by Gasteiger charge is 2.37. The van der Waals surface area contributed by atoms with E-state index in [1.807, 2.05) is 37.3 Å². The average molecular weight is 416 g/mol. The van der Waals surface area contributed by atoms with Crippen LogP contribution in [0.3, 0.4) is 0 Å². The molecule has 156 valence electrons. The van der Waals surface area contributed by atoms with Gasteiger partial charge in [-0.15, -0.1) is 0 Å². The Bertz CT molecular complexity index is 1210. The highest BCUT2D eigenvalue weighted by molar-refractivity contribution is 6.39. The van der Waals surface area contributed by atoms with Crippen molar-refractivity contribution in [1.29, 1.82) is 0 Å². The van der Waals surface area contributed by atoms with Crippen molar-refractivity contribution in [3.05, 3.63) is 71.8 Å². The first-order chi connectivity index (χ1) is 15.0. The minimum absolute atomic E-state index is 0.160. The van der Waals surface area contributed by atoms with Crippen molar-refractivity contribution in [1.82, 2.24) is 5.32 Å². The van der Waals surface area contributed by atoms with Crippen LogP contribution in [0.25, 0.3) is 16.8 Å². The van der Waals surface area contributed by atoms with Crippen LogP contribution in [-0.2, 0) is 9.59 Å². The predicted molar refractivity (Wildman–Crippen MR) is 117 cm³/mol. The fraction of sp³-hybridized carbons (Fsp3) is 0.125. The van der Waals surface area contributed by atoms with Crippen LogP contribution in [0.1, 0.15) is 12.5 Å². The maximum Gasteiger partial charge on any atom is 0.335 e. The zero-order valence-corrected chi connectivity index (χ0v) is 17.0. The summed E-state index contributed by atoms with van der Waals surface area (Å²) in [5.74, 6) is -0.343. The number of methoxy groups -OCH3 is 1. The van der Waals surface area contributed by atoms with E-state index in [1.165, 1.54) is 13.2 Å². The van der Waals surface area contributed by atoms with Crippen LogP contribution in [0.2, 0.25) is 0 Å². The Labute approximate surface area is 178 Å². The number of imide groups is 2. The van der Waals surface area contributed by atoms with Crippen LogP contribution in [-0.4, -0.2) is 31.6 Å². The normalized spacial score (nSPS) is 15.4. The highest BCUT2D eigenvalue weighted by atomic mass is 16.5. The molecule has 31 heavy (non-hydrogen) atoms. The van der Waals surface area contributed by atoms with E-state index >= 15 is 0 Å². The van der Waals surface area contributed by atoms with Crippen LogP contribution in [0.5, 0.6) is 11.5 Å². The fourth-order valence-corrected chi connectivity index (χ4v) is 3.47. The van der Waals surface area contributed by atoms with Gasteiger partial charge in [0.05, 0.1) is 19.4 Å². The summed E-state index contributed by atoms with van der Waals surface area (Å²) in [6, 6.07) is 16.9. The van der Waals surface area contributed by atoms with Gasteiger partial charge < -0.3 is 9.47 Å². The number of carbonyl (C=O) groups excluding carboxylic acids is 3. The number of nitrogens with zero attached hydrogens (tertiary/aromatic N) is 1. The summed E-state index contributed by atoms with van der Waals surface area (Å²) in [6.07, 6.45) is 1.48. The largest absolute Gasteiger partial charge is 0.497 e. The van der Waals surface area contributed by atoms with Crippen LogP contribution >= 0.6 is 0 Å². The first-order valence-corrected chi connectivity index (χ1v) is 9.73. The molecule has 0 unspecified atom stereocenters. The van der Waals surface area contributed by atoms with Crippen LogP contribution < -0.4 is 19.7 Å². The van der Waals surface area contributed by atoms with Crippen molar-refractivity contribution in [2.75, 3.05) is 18.6 Å². The molecule has 1 saturated heterocycles. The van der Waals surface area contributed by atoms with Gasteiger partial charge in [-0.25, -0.2) is 9.69 Å². The molecule has 3 aromatic rings. The van der Waals surface area contributed by atoms with Gasteiger partial charge in [-0.05, 0) is 54.1 Å². The van der Waals surface area contributed by atoms with E-state index in [0.717, 1.165) is 15.7 Å². The van der Waals surface area contributed by atoms with E-state index < -0.39 is 17.8 Å². The van der Waals surface area contributed by atoms with Gasteiger partial charge in [-0.2, -0.15) is 0 Å². The Hall–Kier alpha value is -4.13. The lowest BCUT2D eigenvalue weighted by atomic mass is 9.99. The smallest absolute Gasteiger partial charge is 0.335 e. The average Bonchev–Trinajstić information content (AvgIpc) is 2.78. The first-order valence-electron chi connectivity index (χ1n) is 9.73. The number of barbiturate groups is 1. The lowest BCUT2D eigenvalue weighted by Gasteiger charge is -2.26. The summed E-state index contributed by atoms with van der Waals surface area (Å²) in [6.45, 7) is 2.28. The van der Waals surface area contributed by atoms with Crippen molar-refractivity contribution in [2.45, 2.75) is 6.92 Å². The number of hydrogen-bond donors (Lipinski definition) is 1. The Kier molecular flexibility index (Phi) is 5.41. The lowest BCUT2D eigenvalue weighted by molar-refractivity contribution is -0.122. The van der Waals surface area contributed by atoms with Crippen molar-refractivity contribution < 1.29 is 23.9 Å². The summed E-state index contributed by atoms with van der Waals surface area (Å²) < 4.78 is 10.9. The second kappa shape index (κ2) is 8.31. The van der Waals surface area contributed by atoms with Gasteiger partial charge in [-0.1, -0.05) is 30.3 Å². The van der Waals surface area contributed by atoms with Crippen molar-refractivity contribution >= 4 is 40.4 Å². The third-order valence-corrected chi connectivity index (χ3v) is 4.95. The van der Waals surface area contributed by atoms with E-state index in [4.69, 9.17) is 9.47 Å². The molecular formula is C24H20N2O5. The number of carbonyl (C=O) groups is 3. The number of amides is 4. The quantitative estimate of drug-likeness (QED) is 0.504. The fourth-order valence-electron chi connectivity index (χ4n) is 3.47. The zero-order valence-electron chi connectivity index (χ0n) is 17.0. The molecule has 1 heterocycles. The molecule has 0 spiro atoms. The molecule has 0 atom stereocenters. The van der Waals surface area contributed by atoms with E-state index in [0.29, 0.717) is 29.4 Å². The predicted octanol–water partition coefficient (Wildman–Crippen LogP) is 3.91. The Morgan fingerprint density at radius 2 is 1.71 bits per heavy atom. The molecule has 1 N–H and O–H groups in total. The number of urea groups is 1. The summed E-state index contributed by atoms with van der Waals surface area (Å²) in [5.41, 5.74) is 0.764. The zero-order chi connectivity index (χ0) is 22.0. The molecule has 0 bridgehead atoms. The number of hydrogen-bond acceptors (Lipinski definition) is 5. The second-order valence-electron chi connectivity index (χ2n) is 6.79. The Balaban J connectivity index is 1.83. The molecular weight excluding hydrogens is 396 g/mol. The van der Waals surface area contributed by atoms with E-state index in [9.17, 15) is 14.4 Å². The molecule has 0 aliphatic carbocycles. The van der Waals surface area contributed by atoms with Gasteiger partial charge in [0, 0.05) is 5.56 Å². The topological polar surface area (TPSA) is 84.9 Å². The van der Waals surface area contributed by atoms with Crippen LogP contribution in [0.4, 0.5) is 10.5 Å². The second-order valence-corrected chi connectivity index (χ2v) is 6.79. The molecule has 1 aliphatic heterocycles. The van der Waals surface area contributed by atoms with Gasteiger partial charge in [0.1, 0.15) is 17.1 Å². The van der Waals surface area contributed by atoms with Crippen molar-refractivity contribution in [2.24, 2.45) is 0 Å². The molecule has 7 nitrogen and oxygen atoms in total. The lowest BCUT2D eigenvalue weighted by Crippen LogP contribution is -2.54. The minimum atomic E-state index is -0.805. The minimum Gasteiger partial charge on any atom is -0.497 e. The van der Waals surface area contributed by atoms with E-state index in [2.05, 4.69) is 5.32 Å². The molecule has 0 aromatic heterocycles. The number of rotatable bonds is 5. The Morgan fingerprint density at radius 1 is 0.968 bits per heavy atom. The maximum absolute atomic E-state index is 13.2. The Morgan fingerprint density at radius 3 is 2.42 bits per heavy atom. The summed E-state index contributed by atoms with van der Waals surface area (Å²) in [5, 5.41) is 4.01. The summed E-state index contributed by atoms with van der Waals surface area (Å²) >= 11 is 0. The number of anilines is 1. The maximum atomic E-state index is 13.2. The van der Waals surface area contributed by atoms with Crippen molar-refractivity contribution in [3.8, 4) is 11.5 Å². The molecule has 1 fully saturated rings. The summed E-state index contributed by atoms with van der Waals surface area (Å²) in [4.78, 5) is 39.2. The van der Waals surface area contributed by atoms with Gasteiger partial charge in [0.25, 0.3) is 11.8 Å². The van der Waals surface area contributed by atoms with Gasteiger partial charge in [0.15, 0.2) is 0 Å². The molecule has 1 aliphatic rings. The highest BCUT2D eigenvalue weighted by Crippen LogP contribution is 2.32. The van der Waals surface area contributed by atoms with E-state index in [1.54, 1.807) is 30.3 Å². The molecule has 7 heteroatoms. The number of nitrogens with one attached hydrogen (secondary N) is 1. The molecule has 3 aromatic carbocycles. The van der Waals surface area contributed by atoms with Crippen molar-refractivity contribution in [3.63, 3.8) is 0 Å². The SMILES string of the molecule is CCOc1ccc2ccccc2c1/C=C1/C(=O)NC(=O)N(c2ccc(OC)cc2)C1=O. The van der Waals surface area contributed by atoms with Crippen LogP contribution in [0, 0.1) is 0 Å². The number of ether oxygens (including phenoxy) is 2. The molecule has 4 rings (SSSR count). The standard InChI is InChI=1S/C24H20N2O5/c1-3-31-21-13-8-15-6-4-5-7-18(15)19(21)14-20-22(27)25-24(29)26(23(20)28)16-9-11-17(30-2)12-10-16/h4-14H,3H2,1-2H3,(H,25,27,29)/b20-14-. The van der Waals surface area contributed by atoms with Gasteiger partial charge in [-0.3, -0.25) is 14.9 Å². The molecule has 0 saturated carbocycles. The van der Waals surface area contributed by atoms with E-state index in [-0.39, 0.29) is 5.57 Å². The van der Waals surface area contributed by atoms with Crippen LogP contribution in [0.15, 0.2) is 66.2 Å².